The summed E-state index contributed by atoms with van der Waals surface area (Å²) in [6.45, 7) is 3.44. The van der Waals surface area contributed by atoms with Crippen LogP contribution in [0.1, 0.15) is 50.2 Å². The third kappa shape index (κ3) is 5.41. The van der Waals surface area contributed by atoms with Gasteiger partial charge in [0, 0.05) is 29.7 Å². The first kappa shape index (κ1) is 28.4. The number of nitrogens with zero attached hydrogens (tertiary/aromatic N) is 2. The van der Waals surface area contributed by atoms with Gasteiger partial charge in [-0.2, -0.15) is 13.2 Å². The molecular formula is C28H35ClF3N3O3. The number of ether oxygens (including phenoxy) is 2. The second-order valence-electron chi connectivity index (χ2n) is 10.2. The van der Waals surface area contributed by atoms with E-state index in [0.29, 0.717) is 18.0 Å². The normalized spacial score (nSPS) is 23.6. The number of hydrogen-bond donors (Lipinski definition) is 1. The Morgan fingerprint density at radius 3 is 2.55 bits per heavy atom. The molecule has 2 amide bonds. The van der Waals surface area contributed by atoms with Gasteiger partial charge in [0.15, 0.2) is 11.5 Å². The fraction of sp³-hybridized carbons (Fsp3) is 0.536. The highest BCUT2D eigenvalue weighted by Gasteiger charge is 2.51. The summed E-state index contributed by atoms with van der Waals surface area (Å²) in [6.07, 6.45) is -0.423. The average molecular weight is 554 g/mol. The number of amides is 2. The number of benzene rings is 2. The van der Waals surface area contributed by atoms with Crippen LogP contribution in [0, 0.1) is 0 Å². The topological polar surface area (TPSA) is 54.0 Å². The first-order valence-electron chi connectivity index (χ1n) is 12.9. The van der Waals surface area contributed by atoms with E-state index >= 15 is 0 Å². The number of halogens is 4. The molecule has 38 heavy (non-hydrogen) atoms. The van der Waals surface area contributed by atoms with Crippen molar-refractivity contribution in [2.24, 2.45) is 0 Å². The van der Waals surface area contributed by atoms with Gasteiger partial charge in [-0.3, -0.25) is 0 Å². The lowest BCUT2D eigenvalue weighted by Gasteiger charge is -2.47. The Morgan fingerprint density at radius 1 is 1.16 bits per heavy atom. The Balaban J connectivity index is 1.57. The van der Waals surface area contributed by atoms with Gasteiger partial charge in [-0.15, -0.1) is 0 Å². The number of likely N-dealkylation sites (N-methyl/N-ethyl adjacent to an activating group) is 1. The van der Waals surface area contributed by atoms with Gasteiger partial charge >= 0.3 is 12.2 Å². The van der Waals surface area contributed by atoms with Crippen LogP contribution in [0.3, 0.4) is 0 Å². The summed E-state index contributed by atoms with van der Waals surface area (Å²) in [7, 11) is 5.37. The van der Waals surface area contributed by atoms with Crippen LogP contribution in [0.5, 0.6) is 11.5 Å². The molecule has 6 nitrogen and oxygen atoms in total. The molecule has 2 fully saturated rings. The van der Waals surface area contributed by atoms with E-state index in [1.54, 1.807) is 19.1 Å². The zero-order valence-electron chi connectivity index (χ0n) is 22.2. The summed E-state index contributed by atoms with van der Waals surface area (Å²) in [4.78, 5) is 17.5. The number of nitrogens with one attached hydrogen (secondary N) is 1. The average Bonchev–Trinajstić information content (AvgIpc) is 3.23. The predicted molar refractivity (Wildman–Crippen MR) is 142 cm³/mol. The Kier molecular flexibility index (Phi) is 8.37. The summed E-state index contributed by atoms with van der Waals surface area (Å²) in [5.74, 6) is 1.38. The van der Waals surface area contributed by atoms with E-state index in [0.717, 1.165) is 50.8 Å². The SMILES string of the molecule is CCCN(C(=O)Nc1ccc(Cl)c(C(F)(F)F)c1)C1CCC2(c3ccc(OC)c(OC)c3)CCN(C)C2C1. The molecule has 0 bridgehead atoms. The molecule has 2 aliphatic rings. The second-order valence-corrected chi connectivity index (χ2v) is 10.6. The number of rotatable bonds is 7. The van der Waals surface area contributed by atoms with E-state index in [-0.39, 0.29) is 23.2 Å². The molecule has 0 aromatic heterocycles. The molecule has 1 aliphatic carbocycles. The van der Waals surface area contributed by atoms with Crippen LogP contribution < -0.4 is 14.8 Å². The van der Waals surface area contributed by atoms with Crippen molar-refractivity contribution in [1.82, 2.24) is 9.80 Å². The summed E-state index contributed by atoms with van der Waals surface area (Å²) in [5, 5.41) is 2.29. The molecule has 3 atom stereocenters. The van der Waals surface area contributed by atoms with Crippen LogP contribution in [0.4, 0.5) is 23.7 Å². The monoisotopic (exact) mass is 553 g/mol. The molecule has 4 rings (SSSR count). The molecule has 1 aliphatic heterocycles. The molecule has 0 spiro atoms. The maximum absolute atomic E-state index is 13.4. The molecule has 10 heteroatoms. The van der Waals surface area contributed by atoms with Crippen molar-refractivity contribution in [1.29, 1.82) is 0 Å². The molecule has 0 radical (unpaired) electrons. The van der Waals surface area contributed by atoms with Crippen LogP contribution in [-0.2, 0) is 11.6 Å². The van der Waals surface area contributed by atoms with Gasteiger partial charge in [-0.05, 0) is 81.6 Å². The van der Waals surface area contributed by atoms with E-state index in [2.05, 4.69) is 29.4 Å². The van der Waals surface area contributed by atoms with Crippen LogP contribution in [0.25, 0.3) is 0 Å². The summed E-state index contributed by atoms with van der Waals surface area (Å²) < 4.78 is 51.0. The van der Waals surface area contributed by atoms with E-state index < -0.39 is 22.8 Å². The van der Waals surface area contributed by atoms with Crippen molar-refractivity contribution >= 4 is 23.3 Å². The zero-order chi connectivity index (χ0) is 27.7. The smallest absolute Gasteiger partial charge is 0.417 e. The maximum atomic E-state index is 13.4. The lowest BCUT2D eigenvalue weighted by molar-refractivity contribution is -0.137. The van der Waals surface area contributed by atoms with E-state index in [1.807, 2.05) is 13.0 Å². The van der Waals surface area contributed by atoms with Gasteiger partial charge in [0.2, 0.25) is 0 Å². The number of carbonyl (C=O) groups is 1. The van der Waals surface area contributed by atoms with Crippen LogP contribution in [-0.4, -0.2) is 62.3 Å². The van der Waals surface area contributed by atoms with Crippen molar-refractivity contribution in [3.63, 3.8) is 0 Å². The molecule has 1 N–H and O–H groups in total. The quantitative estimate of drug-likeness (QED) is 0.409. The number of likely N-dealkylation sites (tertiary alicyclic amines) is 1. The lowest BCUT2D eigenvalue weighted by atomic mass is 9.64. The number of alkyl halides is 3. The highest BCUT2D eigenvalue weighted by atomic mass is 35.5. The largest absolute Gasteiger partial charge is 0.493 e. The van der Waals surface area contributed by atoms with Crippen molar-refractivity contribution in [2.75, 3.05) is 39.7 Å². The third-order valence-electron chi connectivity index (χ3n) is 8.15. The van der Waals surface area contributed by atoms with Crippen LogP contribution in [0.15, 0.2) is 36.4 Å². The van der Waals surface area contributed by atoms with Gasteiger partial charge in [0.05, 0.1) is 24.8 Å². The summed E-state index contributed by atoms with van der Waals surface area (Å²) in [5.41, 5.74) is 0.234. The third-order valence-corrected chi connectivity index (χ3v) is 8.48. The van der Waals surface area contributed by atoms with E-state index in [9.17, 15) is 18.0 Å². The van der Waals surface area contributed by atoms with E-state index in [1.165, 1.54) is 11.6 Å². The minimum absolute atomic E-state index is 0.0387. The fourth-order valence-corrected chi connectivity index (χ4v) is 6.46. The van der Waals surface area contributed by atoms with E-state index in [4.69, 9.17) is 21.1 Å². The number of anilines is 1. The van der Waals surface area contributed by atoms with Crippen molar-refractivity contribution in [3.05, 3.63) is 52.5 Å². The predicted octanol–water partition coefficient (Wildman–Crippen LogP) is 6.81. The highest BCUT2D eigenvalue weighted by molar-refractivity contribution is 6.31. The molecular weight excluding hydrogens is 519 g/mol. The summed E-state index contributed by atoms with van der Waals surface area (Å²) >= 11 is 5.75. The molecule has 2 aromatic rings. The number of urea groups is 1. The maximum Gasteiger partial charge on any atom is 0.417 e. The number of carbonyl (C=O) groups excluding carboxylic acids is 1. The minimum Gasteiger partial charge on any atom is -0.493 e. The molecule has 1 saturated heterocycles. The van der Waals surface area contributed by atoms with Gasteiger partial charge in [0.25, 0.3) is 0 Å². The Morgan fingerprint density at radius 2 is 1.89 bits per heavy atom. The summed E-state index contributed by atoms with van der Waals surface area (Å²) in [6, 6.07) is 9.35. The van der Waals surface area contributed by atoms with Gasteiger partial charge in [-0.25, -0.2) is 4.79 Å². The van der Waals surface area contributed by atoms with Crippen LogP contribution >= 0.6 is 11.6 Å². The zero-order valence-corrected chi connectivity index (χ0v) is 23.0. The molecule has 1 saturated carbocycles. The van der Waals surface area contributed by atoms with Crippen molar-refractivity contribution < 1.29 is 27.4 Å². The second kappa shape index (κ2) is 11.2. The number of fused-ring (bicyclic) bond motifs is 1. The first-order valence-corrected chi connectivity index (χ1v) is 13.3. The molecule has 2 aromatic carbocycles. The Hall–Kier alpha value is -2.65. The standard InChI is InChI=1S/C28H35ClF3N3O3/c1-5-13-35(26(36)33-19-7-8-22(29)21(16-19)28(30,31)32)20-10-11-27(12-14-34(2)25(27)17-20)18-6-9-23(37-3)24(15-18)38-4/h6-9,15-16,20,25H,5,10-14,17H2,1-4H3,(H,33,36). The molecule has 1 heterocycles. The first-order chi connectivity index (χ1) is 18.0. The minimum atomic E-state index is -4.61. The Labute approximate surface area is 227 Å². The number of methoxy groups -OCH3 is 2. The Bertz CT molecular complexity index is 1160. The fourth-order valence-electron chi connectivity index (χ4n) is 6.23. The van der Waals surface area contributed by atoms with Gasteiger partial charge in [0.1, 0.15) is 0 Å². The lowest BCUT2D eigenvalue weighted by Crippen LogP contribution is -2.54. The number of hydrogen-bond acceptors (Lipinski definition) is 4. The highest BCUT2D eigenvalue weighted by Crippen LogP contribution is 2.50. The van der Waals surface area contributed by atoms with Gasteiger partial charge < -0.3 is 24.6 Å². The van der Waals surface area contributed by atoms with Crippen molar-refractivity contribution in [2.45, 2.75) is 62.7 Å². The molecule has 208 valence electrons. The van der Waals surface area contributed by atoms with Crippen LogP contribution in [0.2, 0.25) is 5.02 Å². The molecule has 3 unspecified atom stereocenters. The van der Waals surface area contributed by atoms with Crippen molar-refractivity contribution in [3.8, 4) is 11.5 Å². The van der Waals surface area contributed by atoms with Gasteiger partial charge in [-0.1, -0.05) is 24.6 Å².